The number of aryl methyl sites for hydroxylation is 2. The van der Waals surface area contributed by atoms with Crippen molar-refractivity contribution in [2.75, 3.05) is 13.1 Å². The van der Waals surface area contributed by atoms with Crippen LogP contribution in [0.1, 0.15) is 36.3 Å². The van der Waals surface area contributed by atoms with Crippen molar-refractivity contribution in [3.05, 3.63) is 77.9 Å². The van der Waals surface area contributed by atoms with E-state index in [-0.39, 0.29) is 5.91 Å². The van der Waals surface area contributed by atoms with Crippen LogP contribution < -0.4 is 0 Å². The van der Waals surface area contributed by atoms with Gasteiger partial charge in [-0.1, -0.05) is 54.6 Å². The lowest BCUT2D eigenvalue weighted by atomic mass is 9.83. The van der Waals surface area contributed by atoms with Gasteiger partial charge in [-0.3, -0.25) is 4.79 Å². The Kier molecular flexibility index (Phi) is 5.49. The Bertz CT molecular complexity index is 955. The van der Waals surface area contributed by atoms with E-state index in [1.54, 1.807) is 6.20 Å². The molecule has 2 aromatic carbocycles. The number of rotatable bonds is 5. The van der Waals surface area contributed by atoms with Crippen LogP contribution in [-0.4, -0.2) is 39.0 Å². The molecule has 1 fully saturated rings. The number of aromatic amines is 1. The van der Waals surface area contributed by atoms with Crippen LogP contribution >= 0.6 is 0 Å². The van der Waals surface area contributed by atoms with E-state index >= 15 is 0 Å². The Balaban J connectivity index is 1.34. The smallest absolute Gasteiger partial charge is 0.223 e. The number of aliphatic hydroxyl groups is 1. The number of aromatic nitrogens is 2. The van der Waals surface area contributed by atoms with Crippen molar-refractivity contribution >= 4 is 5.91 Å². The monoisotopic (exact) mass is 389 g/mol. The van der Waals surface area contributed by atoms with Crippen LogP contribution in [0.4, 0.5) is 0 Å². The quantitative estimate of drug-likeness (QED) is 0.697. The van der Waals surface area contributed by atoms with Gasteiger partial charge < -0.3 is 15.0 Å². The van der Waals surface area contributed by atoms with Gasteiger partial charge in [-0.25, -0.2) is 4.98 Å². The zero-order chi connectivity index (χ0) is 20.3. The Morgan fingerprint density at radius 3 is 2.34 bits per heavy atom. The van der Waals surface area contributed by atoms with Gasteiger partial charge in [0.25, 0.3) is 0 Å². The highest BCUT2D eigenvalue weighted by molar-refractivity contribution is 5.76. The summed E-state index contributed by atoms with van der Waals surface area (Å²) in [4.78, 5) is 21.8. The van der Waals surface area contributed by atoms with Crippen LogP contribution in [0.15, 0.2) is 60.8 Å². The standard InChI is InChI=1S/C24H27N3O2/c1-18-17-25-22(26-18)11-12-23(28)27-15-13-24(29,14-16-27)21-9-7-20(8-10-21)19-5-3-2-4-6-19/h2-10,17,29H,11-16H2,1H3,(H,25,26). The fourth-order valence-electron chi connectivity index (χ4n) is 4.00. The SMILES string of the molecule is Cc1cnc(CCC(=O)N2CCC(O)(c3ccc(-c4ccccc4)cc3)CC2)[nH]1. The van der Waals surface area contributed by atoms with Crippen LogP contribution in [0.25, 0.3) is 11.1 Å². The molecule has 5 heteroatoms. The number of likely N-dealkylation sites (tertiary alicyclic amines) is 1. The maximum Gasteiger partial charge on any atom is 0.223 e. The minimum Gasteiger partial charge on any atom is -0.385 e. The summed E-state index contributed by atoms with van der Waals surface area (Å²) in [5, 5.41) is 11.2. The fourth-order valence-corrected chi connectivity index (χ4v) is 4.00. The lowest BCUT2D eigenvalue weighted by molar-refractivity contribution is -0.135. The van der Waals surface area contributed by atoms with Crippen molar-refractivity contribution in [2.24, 2.45) is 0 Å². The number of nitrogens with zero attached hydrogens (tertiary/aromatic N) is 2. The molecule has 0 bridgehead atoms. The summed E-state index contributed by atoms with van der Waals surface area (Å²) in [6.07, 6.45) is 3.96. The molecule has 29 heavy (non-hydrogen) atoms. The molecule has 0 saturated carbocycles. The van der Waals surface area contributed by atoms with Crippen molar-refractivity contribution in [3.8, 4) is 11.1 Å². The van der Waals surface area contributed by atoms with Gasteiger partial charge in [0.15, 0.2) is 0 Å². The molecule has 1 aliphatic heterocycles. The second-order valence-electron chi connectivity index (χ2n) is 7.87. The first-order valence-electron chi connectivity index (χ1n) is 10.2. The second-order valence-corrected chi connectivity index (χ2v) is 7.87. The molecule has 5 nitrogen and oxygen atoms in total. The number of carbonyl (C=O) groups excluding carboxylic acids is 1. The van der Waals surface area contributed by atoms with E-state index in [4.69, 9.17) is 0 Å². The minimum absolute atomic E-state index is 0.125. The van der Waals surface area contributed by atoms with E-state index in [1.165, 1.54) is 5.56 Å². The molecule has 0 unspecified atom stereocenters. The first-order valence-corrected chi connectivity index (χ1v) is 10.2. The molecular formula is C24H27N3O2. The molecular weight excluding hydrogens is 362 g/mol. The van der Waals surface area contributed by atoms with Crippen LogP contribution in [0.5, 0.6) is 0 Å². The molecule has 1 amide bonds. The average molecular weight is 389 g/mol. The Morgan fingerprint density at radius 1 is 1.07 bits per heavy atom. The molecule has 0 aliphatic carbocycles. The summed E-state index contributed by atoms with van der Waals surface area (Å²) in [5.41, 5.74) is 3.37. The third-order valence-corrected chi connectivity index (χ3v) is 5.80. The van der Waals surface area contributed by atoms with Crippen molar-refractivity contribution in [1.82, 2.24) is 14.9 Å². The fraction of sp³-hybridized carbons (Fsp3) is 0.333. The molecule has 1 aromatic heterocycles. The minimum atomic E-state index is -0.871. The number of piperidine rings is 1. The van der Waals surface area contributed by atoms with Crippen LogP contribution in [-0.2, 0) is 16.8 Å². The average Bonchev–Trinajstić information content (AvgIpc) is 3.18. The van der Waals surface area contributed by atoms with Crippen LogP contribution in [0.2, 0.25) is 0 Å². The largest absolute Gasteiger partial charge is 0.385 e. The molecule has 2 heterocycles. The first-order chi connectivity index (χ1) is 14.0. The van der Waals surface area contributed by atoms with Crippen LogP contribution in [0.3, 0.4) is 0 Å². The topological polar surface area (TPSA) is 69.2 Å². The van der Waals surface area contributed by atoms with E-state index in [2.05, 4.69) is 34.2 Å². The van der Waals surface area contributed by atoms with E-state index in [0.29, 0.717) is 38.8 Å². The summed E-state index contributed by atoms with van der Waals surface area (Å²) >= 11 is 0. The summed E-state index contributed by atoms with van der Waals surface area (Å²) in [6, 6.07) is 18.4. The van der Waals surface area contributed by atoms with Crippen LogP contribution in [0, 0.1) is 6.92 Å². The second kappa shape index (κ2) is 8.21. The summed E-state index contributed by atoms with van der Waals surface area (Å²) in [7, 11) is 0. The van der Waals surface area contributed by atoms with Gasteiger partial charge in [0.05, 0.1) is 5.60 Å². The maximum atomic E-state index is 12.5. The molecule has 2 N–H and O–H groups in total. The highest BCUT2D eigenvalue weighted by atomic mass is 16.3. The zero-order valence-electron chi connectivity index (χ0n) is 16.8. The molecule has 3 aromatic rings. The molecule has 1 saturated heterocycles. The summed E-state index contributed by atoms with van der Waals surface area (Å²) in [5.74, 6) is 0.975. The van der Waals surface area contributed by atoms with E-state index in [1.807, 2.05) is 42.2 Å². The van der Waals surface area contributed by atoms with E-state index in [0.717, 1.165) is 22.6 Å². The van der Waals surface area contributed by atoms with Gasteiger partial charge >= 0.3 is 0 Å². The third-order valence-electron chi connectivity index (χ3n) is 5.80. The predicted octanol–water partition coefficient (Wildman–Crippen LogP) is 3.83. The highest BCUT2D eigenvalue weighted by Crippen LogP contribution is 2.34. The number of amides is 1. The summed E-state index contributed by atoms with van der Waals surface area (Å²) < 4.78 is 0. The van der Waals surface area contributed by atoms with Gasteiger partial charge in [0.2, 0.25) is 5.91 Å². The van der Waals surface area contributed by atoms with Crippen molar-refractivity contribution in [2.45, 2.75) is 38.2 Å². The normalized spacial score (nSPS) is 16.0. The lowest BCUT2D eigenvalue weighted by Crippen LogP contribution is -2.45. The van der Waals surface area contributed by atoms with Crippen molar-refractivity contribution < 1.29 is 9.90 Å². The van der Waals surface area contributed by atoms with Gasteiger partial charge in [-0.2, -0.15) is 0 Å². The highest BCUT2D eigenvalue weighted by Gasteiger charge is 2.35. The number of nitrogens with one attached hydrogen (secondary N) is 1. The van der Waals surface area contributed by atoms with Gasteiger partial charge in [0, 0.05) is 37.8 Å². The van der Waals surface area contributed by atoms with Gasteiger partial charge in [0.1, 0.15) is 5.82 Å². The lowest BCUT2D eigenvalue weighted by Gasteiger charge is -2.38. The van der Waals surface area contributed by atoms with Gasteiger partial charge in [-0.05, 0) is 36.5 Å². The number of H-pyrrole nitrogens is 1. The van der Waals surface area contributed by atoms with E-state index in [9.17, 15) is 9.90 Å². The first kappa shape index (κ1) is 19.4. The van der Waals surface area contributed by atoms with Gasteiger partial charge in [-0.15, -0.1) is 0 Å². The third kappa shape index (κ3) is 4.40. The van der Waals surface area contributed by atoms with Crippen molar-refractivity contribution in [1.29, 1.82) is 0 Å². The van der Waals surface area contributed by atoms with Crippen molar-refractivity contribution in [3.63, 3.8) is 0 Å². The Hall–Kier alpha value is -2.92. The molecule has 4 rings (SSSR count). The number of imidazole rings is 1. The number of carbonyl (C=O) groups is 1. The predicted molar refractivity (Wildman–Crippen MR) is 113 cm³/mol. The Morgan fingerprint density at radius 2 is 1.72 bits per heavy atom. The zero-order valence-corrected chi connectivity index (χ0v) is 16.8. The number of hydrogen-bond acceptors (Lipinski definition) is 3. The Labute approximate surface area is 171 Å². The molecule has 0 atom stereocenters. The molecule has 0 radical (unpaired) electrons. The molecule has 0 spiro atoms. The number of hydrogen-bond donors (Lipinski definition) is 2. The van der Waals surface area contributed by atoms with E-state index < -0.39 is 5.60 Å². The summed E-state index contributed by atoms with van der Waals surface area (Å²) in [6.45, 7) is 3.11. The number of benzene rings is 2. The molecule has 1 aliphatic rings. The molecule has 150 valence electrons. The maximum absolute atomic E-state index is 12.5.